The molecule has 1 aromatic heterocycles. The molecule has 1 aliphatic rings. The Labute approximate surface area is 143 Å². The molecule has 0 aliphatic carbocycles. The van der Waals surface area contributed by atoms with Crippen molar-refractivity contribution < 1.29 is 9.47 Å². The molecule has 1 saturated heterocycles. The molecule has 3 rings (SSSR count). The first kappa shape index (κ1) is 16.8. The van der Waals surface area contributed by atoms with E-state index in [0.29, 0.717) is 18.3 Å². The Balaban J connectivity index is 1.95. The molecule has 1 aliphatic heterocycles. The van der Waals surface area contributed by atoms with Gasteiger partial charge in [0.2, 0.25) is 0 Å². The van der Waals surface area contributed by atoms with Crippen LogP contribution in [-0.2, 0) is 0 Å². The lowest BCUT2D eigenvalue weighted by Gasteiger charge is -2.41. The quantitative estimate of drug-likeness (QED) is 0.901. The molecule has 2 N–H and O–H groups in total. The second kappa shape index (κ2) is 7.23. The van der Waals surface area contributed by atoms with Crippen LogP contribution in [0.15, 0.2) is 24.4 Å². The maximum atomic E-state index is 5.71. The molecule has 0 unspecified atom stereocenters. The van der Waals surface area contributed by atoms with E-state index in [-0.39, 0.29) is 0 Å². The van der Waals surface area contributed by atoms with Gasteiger partial charge in [-0.25, -0.2) is 0 Å². The zero-order chi connectivity index (χ0) is 17.1. The van der Waals surface area contributed by atoms with Crippen molar-refractivity contribution in [2.75, 3.05) is 51.8 Å². The van der Waals surface area contributed by atoms with E-state index >= 15 is 0 Å². The van der Waals surface area contributed by atoms with Crippen LogP contribution >= 0.6 is 0 Å². The summed E-state index contributed by atoms with van der Waals surface area (Å²) in [6, 6.07) is 6.52. The number of anilines is 1. The lowest BCUT2D eigenvalue weighted by molar-refractivity contribution is 0.195. The van der Waals surface area contributed by atoms with E-state index in [0.717, 1.165) is 42.8 Å². The summed E-state index contributed by atoms with van der Waals surface area (Å²) in [5, 5.41) is 1.09. The number of benzene rings is 1. The van der Waals surface area contributed by atoms with Crippen LogP contribution in [0.4, 0.5) is 5.69 Å². The number of methoxy groups -OCH3 is 2. The van der Waals surface area contributed by atoms with E-state index in [1.54, 1.807) is 14.2 Å². The number of fused-ring (bicyclic) bond motifs is 1. The number of rotatable bonds is 5. The van der Waals surface area contributed by atoms with Gasteiger partial charge in [-0.2, -0.15) is 0 Å². The third kappa shape index (κ3) is 3.12. The summed E-state index contributed by atoms with van der Waals surface area (Å²) in [7, 11) is 3.30. The highest BCUT2D eigenvalue weighted by Gasteiger charge is 2.24. The molecular formula is C18H26N4O2. The first-order chi connectivity index (χ1) is 11.7. The summed E-state index contributed by atoms with van der Waals surface area (Å²) in [4.78, 5) is 9.37. The van der Waals surface area contributed by atoms with Crippen molar-refractivity contribution >= 4 is 16.6 Å². The SMILES string of the molecule is COc1cc2nccc(N3CCN(CCN)[C@H](C)C3)c2cc1OC. The average molecular weight is 330 g/mol. The lowest BCUT2D eigenvalue weighted by Crippen LogP contribution is -2.53. The Morgan fingerprint density at radius 1 is 1.21 bits per heavy atom. The maximum Gasteiger partial charge on any atom is 0.162 e. The smallest absolute Gasteiger partial charge is 0.162 e. The molecule has 6 nitrogen and oxygen atoms in total. The highest BCUT2D eigenvalue weighted by Crippen LogP contribution is 2.36. The number of hydrogen-bond donors (Lipinski definition) is 1. The van der Waals surface area contributed by atoms with Crippen LogP contribution in [-0.4, -0.2) is 62.9 Å². The number of aromatic nitrogens is 1. The second-order valence-corrected chi connectivity index (χ2v) is 6.17. The van der Waals surface area contributed by atoms with Gasteiger partial charge in [0.1, 0.15) is 0 Å². The normalized spacial score (nSPS) is 18.8. The van der Waals surface area contributed by atoms with Crippen LogP contribution in [0, 0.1) is 0 Å². The van der Waals surface area contributed by atoms with Crippen LogP contribution in [0.25, 0.3) is 10.9 Å². The van der Waals surface area contributed by atoms with E-state index in [9.17, 15) is 0 Å². The number of nitrogens with zero attached hydrogens (tertiary/aromatic N) is 3. The van der Waals surface area contributed by atoms with Gasteiger partial charge in [-0.3, -0.25) is 9.88 Å². The first-order valence-electron chi connectivity index (χ1n) is 8.37. The molecule has 130 valence electrons. The summed E-state index contributed by atoms with van der Waals surface area (Å²) >= 11 is 0. The Morgan fingerprint density at radius 2 is 1.96 bits per heavy atom. The largest absolute Gasteiger partial charge is 0.493 e. The Hall–Kier alpha value is -2.05. The van der Waals surface area contributed by atoms with Crippen LogP contribution in [0.3, 0.4) is 0 Å². The van der Waals surface area contributed by atoms with Crippen molar-refractivity contribution in [3.05, 3.63) is 24.4 Å². The van der Waals surface area contributed by atoms with Gasteiger partial charge >= 0.3 is 0 Å². The van der Waals surface area contributed by atoms with Crippen molar-refractivity contribution in [1.82, 2.24) is 9.88 Å². The summed E-state index contributed by atoms with van der Waals surface area (Å²) in [6.07, 6.45) is 1.86. The molecule has 0 bridgehead atoms. The van der Waals surface area contributed by atoms with E-state index < -0.39 is 0 Å². The van der Waals surface area contributed by atoms with Crippen molar-refractivity contribution in [2.45, 2.75) is 13.0 Å². The second-order valence-electron chi connectivity index (χ2n) is 6.17. The first-order valence-corrected chi connectivity index (χ1v) is 8.37. The third-order valence-electron chi connectivity index (χ3n) is 4.75. The van der Waals surface area contributed by atoms with Crippen molar-refractivity contribution in [1.29, 1.82) is 0 Å². The van der Waals surface area contributed by atoms with Gasteiger partial charge < -0.3 is 20.1 Å². The van der Waals surface area contributed by atoms with Crippen molar-refractivity contribution in [2.24, 2.45) is 5.73 Å². The minimum atomic E-state index is 0.477. The molecule has 6 heteroatoms. The fourth-order valence-corrected chi connectivity index (χ4v) is 3.45. The molecule has 0 spiro atoms. The highest BCUT2D eigenvalue weighted by atomic mass is 16.5. The van der Waals surface area contributed by atoms with E-state index in [1.807, 2.05) is 18.3 Å². The summed E-state index contributed by atoms with van der Waals surface area (Å²) < 4.78 is 10.9. The van der Waals surface area contributed by atoms with Crippen molar-refractivity contribution in [3.8, 4) is 11.5 Å². The molecular weight excluding hydrogens is 304 g/mol. The van der Waals surface area contributed by atoms with Gasteiger partial charge in [0, 0.05) is 62.1 Å². The minimum Gasteiger partial charge on any atom is -0.493 e. The Bertz CT molecular complexity index is 707. The van der Waals surface area contributed by atoms with Crippen LogP contribution < -0.4 is 20.1 Å². The molecule has 2 heterocycles. The van der Waals surface area contributed by atoms with Crippen molar-refractivity contribution in [3.63, 3.8) is 0 Å². The standard InChI is InChI=1S/C18H26N4O2/c1-13-12-22(9-8-21(13)7-5-19)16-4-6-20-15-11-18(24-3)17(23-2)10-14(15)16/h4,6,10-11,13H,5,7-9,12,19H2,1-3H3/t13-/m1/s1. The number of piperazine rings is 1. The van der Waals surface area contributed by atoms with Crippen LogP contribution in [0.5, 0.6) is 11.5 Å². The Kier molecular flexibility index (Phi) is 5.06. The fraction of sp³-hybridized carbons (Fsp3) is 0.500. The van der Waals surface area contributed by atoms with Gasteiger partial charge in [-0.1, -0.05) is 0 Å². The molecule has 0 radical (unpaired) electrons. The molecule has 1 aromatic carbocycles. The monoisotopic (exact) mass is 330 g/mol. The number of ether oxygens (including phenoxy) is 2. The minimum absolute atomic E-state index is 0.477. The number of pyridine rings is 1. The van der Waals surface area contributed by atoms with Crippen LogP contribution in [0.1, 0.15) is 6.92 Å². The molecule has 0 saturated carbocycles. The predicted molar refractivity (Wildman–Crippen MR) is 97.1 cm³/mol. The molecule has 24 heavy (non-hydrogen) atoms. The zero-order valence-electron chi connectivity index (χ0n) is 14.7. The predicted octanol–water partition coefficient (Wildman–Crippen LogP) is 1.72. The zero-order valence-corrected chi connectivity index (χ0v) is 14.7. The number of hydrogen-bond acceptors (Lipinski definition) is 6. The topological polar surface area (TPSA) is 63.9 Å². The maximum absolute atomic E-state index is 5.71. The summed E-state index contributed by atoms with van der Waals surface area (Å²) in [5.41, 5.74) is 7.83. The fourth-order valence-electron chi connectivity index (χ4n) is 3.45. The summed E-state index contributed by atoms with van der Waals surface area (Å²) in [6.45, 7) is 6.91. The van der Waals surface area contributed by atoms with Gasteiger partial charge in [-0.15, -0.1) is 0 Å². The van der Waals surface area contributed by atoms with Gasteiger partial charge in [0.25, 0.3) is 0 Å². The van der Waals surface area contributed by atoms with Gasteiger partial charge in [-0.05, 0) is 19.1 Å². The molecule has 0 amide bonds. The summed E-state index contributed by atoms with van der Waals surface area (Å²) in [5.74, 6) is 1.44. The average Bonchev–Trinajstić information content (AvgIpc) is 2.61. The van der Waals surface area contributed by atoms with Crippen LogP contribution in [0.2, 0.25) is 0 Å². The van der Waals surface area contributed by atoms with Gasteiger partial charge in [0.05, 0.1) is 19.7 Å². The highest BCUT2D eigenvalue weighted by molar-refractivity contribution is 5.94. The van der Waals surface area contributed by atoms with E-state index in [4.69, 9.17) is 15.2 Å². The molecule has 1 fully saturated rings. The molecule has 1 atom stereocenters. The molecule has 2 aromatic rings. The number of nitrogens with two attached hydrogens (primary N) is 1. The van der Waals surface area contributed by atoms with Gasteiger partial charge in [0.15, 0.2) is 11.5 Å². The van der Waals surface area contributed by atoms with E-state index in [1.165, 1.54) is 5.69 Å². The Morgan fingerprint density at radius 3 is 2.62 bits per heavy atom. The van der Waals surface area contributed by atoms with E-state index in [2.05, 4.69) is 27.8 Å². The lowest BCUT2D eigenvalue weighted by atomic mass is 10.1. The third-order valence-corrected chi connectivity index (χ3v) is 4.75.